The van der Waals surface area contributed by atoms with Crippen molar-refractivity contribution in [3.05, 3.63) is 100 Å². The zero-order valence-corrected chi connectivity index (χ0v) is 21.1. The molecule has 2 aliphatic heterocycles. The Morgan fingerprint density at radius 2 is 1.74 bits per heavy atom. The first-order chi connectivity index (χ1) is 18.4. The fraction of sp³-hybridized carbons (Fsp3) is 0.233. The van der Waals surface area contributed by atoms with Crippen LogP contribution in [0.1, 0.15) is 52.0 Å². The first-order valence-electron chi connectivity index (χ1n) is 12.4. The summed E-state index contributed by atoms with van der Waals surface area (Å²) in [5.41, 5.74) is 3.12. The molecule has 2 aliphatic rings. The highest BCUT2D eigenvalue weighted by atomic mass is 16.7. The monoisotopic (exact) mass is 513 g/mol. The van der Waals surface area contributed by atoms with E-state index in [1.807, 2.05) is 38.1 Å². The Morgan fingerprint density at radius 1 is 1.00 bits per heavy atom. The zero-order chi connectivity index (χ0) is 26.8. The topological polar surface area (TPSA) is 102 Å². The van der Waals surface area contributed by atoms with Gasteiger partial charge in [0.25, 0.3) is 11.7 Å². The van der Waals surface area contributed by atoms with Gasteiger partial charge in [0.05, 0.1) is 23.8 Å². The summed E-state index contributed by atoms with van der Waals surface area (Å²) in [5, 5.41) is 11.3. The largest absolute Gasteiger partial charge is 0.507 e. The van der Waals surface area contributed by atoms with E-state index in [1.54, 1.807) is 42.5 Å². The molecule has 0 aliphatic carbocycles. The highest BCUT2D eigenvalue weighted by Gasteiger charge is 2.46. The third-order valence-electron chi connectivity index (χ3n) is 6.52. The molecular weight excluding hydrogens is 486 g/mol. The number of ether oxygens (including phenoxy) is 3. The quantitative estimate of drug-likeness (QED) is 0.207. The Labute approximate surface area is 220 Å². The number of amides is 1. The molecule has 194 valence electrons. The Balaban J connectivity index is 1.52. The summed E-state index contributed by atoms with van der Waals surface area (Å²) >= 11 is 0. The maximum absolute atomic E-state index is 13.3. The summed E-state index contributed by atoms with van der Waals surface area (Å²) < 4.78 is 16.0. The molecule has 1 saturated heterocycles. The molecule has 1 amide bonds. The van der Waals surface area contributed by atoms with E-state index < -0.39 is 23.7 Å². The van der Waals surface area contributed by atoms with Crippen molar-refractivity contribution in [1.82, 2.24) is 4.90 Å². The van der Waals surface area contributed by atoms with E-state index in [9.17, 15) is 19.5 Å². The van der Waals surface area contributed by atoms with Gasteiger partial charge in [-0.2, -0.15) is 0 Å². The van der Waals surface area contributed by atoms with Crippen LogP contribution in [0.5, 0.6) is 11.5 Å². The lowest BCUT2D eigenvalue weighted by Gasteiger charge is -2.26. The van der Waals surface area contributed by atoms with Crippen molar-refractivity contribution in [3.8, 4) is 11.5 Å². The molecule has 0 spiro atoms. The highest BCUT2D eigenvalue weighted by molar-refractivity contribution is 6.46. The molecule has 1 N–H and O–H groups in total. The second-order valence-corrected chi connectivity index (χ2v) is 9.24. The van der Waals surface area contributed by atoms with Crippen LogP contribution in [-0.4, -0.2) is 41.1 Å². The second-order valence-electron chi connectivity index (χ2n) is 9.24. The number of hydrogen-bond acceptors (Lipinski definition) is 7. The number of likely N-dealkylation sites (tertiary alicyclic amines) is 1. The van der Waals surface area contributed by atoms with Gasteiger partial charge in [-0.1, -0.05) is 48.9 Å². The van der Waals surface area contributed by atoms with Crippen molar-refractivity contribution in [3.63, 3.8) is 0 Å². The summed E-state index contributed by atoms with van der Waals surface area (Å²) in [6, 6.07) is 18.3. The molecule has 38 heavy (non-hydrogen) atoms. The lowest BCUT2D eigenvalue weighted by molar-refractivity contribution is -0.140. The van der Waals surface area contributed by atoms with Crippen molar-refractivity contribution in [2.45, 2.75) is 32.9 Å². The molecule has 2 heterocycles. The van der Waals surface area contributed by atoms with Gasteiger partial charge in [-0.15, -0.1) is 0 Å². The smallest absolute Gasteiger partial charge is 0.338 e. The standard InChI is InChI=1S/C30H27NO7/c1-3-13-36-30(35)20-9-7-19(8-10-20)16-31-26(21-6-4-5-18(2)14-21)25(28(33)29(31)34)27(32)22-11-12-23-24(15-22)38-17-37-23/h4-12,14-15,26,32H,3,13,16-17H2,1-2H3/b27-25-. The van der Waals surface area contributed by atoms with E-state index in [4.69, 9.17) is 14.2 Å². The average molecular weight is 514 g/mol. The van der Waals surface area contributed by atoms with Crippen molar-refractivity contribution < 1.29 is 33.7 Å². The number of nitrogens with zero attached hydrogens (tertiary/aromatic N) is 1. The van der Waals surface area contributed by atoms with Gasteiger partial charge < -0.3 is 24.2 Å². The molecule has 3 aromatic carbocycles. The molecule has 1 unspecified atom stereocenters. The Kier molecular flexibility index (Phi) is 6.87. The number of hydrogen-bond donors (Lipinski definition) is 1. The lowest BCUT2D eigenvalue weighted by Crippen LogP contribution is -2.29. The normalized spacial score (nSPS) is 17.6. The number of aliphatic hydroxyl groups excluding tert-OH is 1. The van der Waals surface area contributed by atoms with Crippen LogP contribution < -0.4 is 9.47 Å². The maximum atomic E-state index is 13.3. The lowest BCUT2D eigenvalue weighted by atomic mass is 9.94. The van der Waals surface area contributed by atoms with Crippen molar-refractivity contribution in [2.75, 3.05) is 13.4 Å². The van der Waals surface area contributed by atoms with E-state index >= 15 is 0 Å². The van der Waals surface area contributed by atoms with Crippen LogP contribution in [0.2, 0.25) is 0 Å². The number of aliphatic hydroxyl groups is 1. The molecule has 5 rings (SSSR count). The Hall–Kier alpha value is -4.59. The predicted molar refractivity (Wildman–Crippen MR) is 139 cm³/mol. The number of benzene rings is 3. The van der Waals surface area contributed by atoms with Gasteiger partial charge in [0, 0.05) is 12.1 Å². The predicted octanol–water partition coefficient (Wildman–Crippen LogP) is 4.91. The molecule has 0 bridgehead atoms. The number of carbonyl (C=O) groups is 3. The SMILES string of the molecule is CCCOC(=O)c1ccc(CN2C(=O)C(=O)/C(=C(\O)c3ccc4c(c3)OCO4)C2c2cccc(C)c2)cc1. The van der Waals surface area contributed by atoms with E-state index in [0.717, 1.165) is 17.5 Å². The maximum Gasteiger partial charge on any atom is 0.338 e. The molecule has 8 nitrogen and oxygen atoms in total. The van der Waals surface area contributed by atoms with Crippen molar-refractivity contribution >= 4 is 23.4 Å². The first-order valence-corrected chi connectivity index (χ1v) is 12.4. The summed E-state index contributed by atoms with van der Waals surface area (Å²) in [6.45, 7) is 4.35. The van der Waals surface area contributed by atoms with Crippen LogP contribution in [0.4, 0.5) is 0 Å². The van der Waals surface area contributed by atoms with Crippen molar-refractivity contribution in [2.24, 2.45) is 0 Å². The third-order valence-corrected chi connectivity index (χ3v) is 6.52. The van der Waals surface area contributed by atoms with Gasteiger partial charge >= 0.3 is 5.97 Å². The van der Waals surface area contributed by atoms with Crippen LogP contribution in [-0.2, 0) is 20.9 Å². The number of Topliss-reactive ketones (excluding diaryl/α,β-unsaturated/α-hetero) is 1. The van der Waals surface area contributed by atoms with Crippen LogP contribution >= 0.6 is 0 Å². The molecular formula is C30H27NO7. The van der Waals surface area contributed by atoms with Gasteiger partial charge in [-0.25, -0.2) is 4.79 Å². The third kappa shape index (κ3) is 4.72. The molecule has 3 aromatic rings. The number of fused-ring (bicyclic) bond motifs is 1. The molecule has 0 radical (unpaired) electrons. The molecule has 0 saturated carbocycles. The fourth-order valence-electron chi connectivity index (χ4n) is 4.65. The minimum Gasteiger partial charge on any atom is -0.507 e. The van der Waals surface area contributed by atoms with Gasteiger partial charge in [-0.3, -0.25) is 9.59 Å². The number of carbonyl (C=O) groups excluding carboxylic acids is 3. The summed E-state index contributed by atoms with van der Waals surface area (Å²) in [6.07, 6.45) is 0.726. The average Bonchev–Trinajstić information content (AvgIpc) is 3.49. The van der Waals surface area contributed by atoms with E-state index in [2.05, 4.69) is 0 Å². The number of rotatable bonds is 7. The number of esters is 1. The van der Waals surface area contributed by atoms with Gasteiger partial charge in [0.1, 0.15) is 5.76 Å². The summed E-state index contributed by atoms with van der Waals surface area (Å²) in [5.74, 6) is -1.20. The highest BCUT2D eigenvalue weighted by Crippen LogP contribution is 2.42. The van der Waals surface area contributed by atoms with Crippen LogP contribution in [0.15, 0.2) is 72.3 Å². The van der Waals surface area contributed by atoms with Crippen LogP contribution in [0, 0.1) is 6.92 Å². The fourth-order valence-corrected chi connectivity index (χ4v) is 4.65. The van der Waals surface area contributed by atoms with E-state index in [-0.39, 0.29) is 24.7 Å². The zero-order valence-electron chi connectivity index (χ0n) is 21.1. The van der Waals surface area contributed by atoms with Crippen LogP contribution in [0.3, 0.4) is 0 Å². The summed E-state index contributed by atoms with van der Waals surface area (Å²) in [7, 11) is 0. The number of ketones is 1. The van der Waals surface area contributed by atoms with E-state index in [1.165, 1.54) is 4.90 Å². The first kappa shape index (κ1) is 25.1. The van der Waals surface area contributed by atoms with Gasteiger partial charge in [0.2, 0.25) is 6.79 Å². The Bertz CT molecular complexity index is 1440. The molecule has 1 fully saturated rings. The van der Waals surface area contributed by atoms with E-state index in [0.29, 0.717) is 34.8 Å². The molecule has 0 aromatic heterocycles. The minimum absolute atomic E-state index is 0.000714. The second kappa shape index (κ2) is 10.4. The molecule has 1 atom stereocenters. The van der Waals surface area contributed by atoms with Gasteiger partial charge in [0.15, 0.2) is 11.5 Å². The molecule has 8 heteroatoms. The van der Waals surface area contributed by atoms with Crippen LogP contribution in [0.25, 0.3) is 5.76 Å². The minimum atomic E-state index is -0.811. The Morgan fingerprint density at radius 3 is 2.47 bits per heavy atom. The summed E-state index contributed by atoms with van der Waals surface area (Å²) in [4.78, 5) is 40.3. The number of aryl methyl sites for hydroxylation is 1. The van der Waals surface area contributed by atoms with Crippen molar-refractivity contribution in [1.29, 1.82) is 0 Å². The van der Waals surface area contributed by atoms with Gasteiger partial charge in [-0.05, 0) is 54.8 Å².